The lowest BCUT2D eigenvalue weighted by atomic mass is 9.94. The van der Waals surface area contributed by atoms with Crippen LogP contribution in [0.25, 0.3) is 0 Å². The first-order valence-electron chi connectivity index (χ1n) is 6.92. The molecule has 6 heteroatoms. The Morgan fingerprint density at radius 1 is 1.45 bits per heavy atom. The Hall–Kier alpha value is -2.11. The normalized spacial score (nSPS) is 25.1. The van der Waals surface area contributed by atoms with Crippen LogP contribution >= 0.6 is 0 Å². The van der Waals surface area contributed by atoms with Crippen LogP contribution in [0.2, 0.25) is 0 Å². The lowest BCUT2D eigenvalue weighted by Crippen LogP contribution is -2.53. The van der Waals surface area contributed by atoms with E-state index < -0.39 is 5.54 Å². The minimum Gasteiger partial charge on any atom is -0.354 e. The molecule has 1 aromatic rings. The molecule has 1 unspecified atom stereocenters. The molecule has 2 aliphatic rings. The molecule has 2 aliphatic heterocycles. The standard InChI is InChI=1S/C14H18N4O2/c1-10-4-2-5-11(16-10)17-13(20)18-9-3-6-14(18)7-8-15-12(14)19/h2,4-5H,3,6-9H2,1H3,(H,15,19)(H,16,17,20). The predicted octanol–water partition coefficient (Wildman–Crippen LogP) is 1.28. The van der Waals surface area contributed by atoms with Crippen molar-refractivity contribution < 1.29 is 9.59 Å². The van der Waals surface area contributed by atoms with E-state index in [0.717, 1.165) is 18.5 Å². The zero-order chi connectivity index (χ0) is 14.2. The second-order valence-corrected chi connectivity index (χ2v) is 5.39. The number of hydrogen-bond acceptors (Lipinski definition) is 3. The molecule has 0 bridgehead atoms. The third-order valence-corrected chi connectivity index (χ3v) is 4.10. The predicted molar refractivity (Wildman–Crippen MR) is 74.3 cm³/mol. The van der Waals surface area contributed by atoms with Gasteiger partial charge in [0.25, 0.3) is 0 Å². The molecule has 106 valence electrons. The van der Waals surface area contributed by atoms with Gasteiger partial charge in [-0.2, -0.15) is 0 Å². The number of rotatable bonds is 1. The number of nitrogens with zero attached hydrogens (tertiary/aromatic N) is 2. The van der Waals surface area contributed by atoms with Crippen molar-refractivity contribution in [2.45, 2.75) is 31.7 Å². The van der Waals surface area contributed by atoms with Gasteiger partial charge in [0, 0.05) is 18.8 Å². The van der Waals surface area contributed by atoms with Crippen LogP contribution in [-0.4, -0.2) is 40.5 Å². The van der Waals surface area contributed by atoms with E-state index in [9.17, 15) is 9.59 Å². The highest BCUT2D eigenvalue weighted by molar-refractivity contribution is 5.97. The third kappa shape index (κ3) is 2.01. The largest absolute Gasteiger partial charge is 0.354 e. The van der Waals surface area contributed by atoms with Crippen LogP contribution in [0.1, 0.15) is 25.0 Å². The van der Waals surface area contributed by atoms with Gasteiger partial charge in [-0.05, 0) is 38.3 Å². The summed E-state index contributed by atoms with van der Waals surface area (Å²) in [7, 11) is 0. The maximum atomic E-state index is 12.4. The maximum Gasteiger partial charge on any atom is 0.323 e. The van der Waals surface area contributed by atoms with E-state index in [2.05, 4.69) is 15.6 Å². The summed E-state index contributed by atoms with van der Waals surface area (Å²) >= 11 is 0. The van der Waals surface area contributed by atoms with E-state index >= 15 is 0 Å². The Morgan fingerprint density at radius 3 is 3.00 bits per heavy atom. The van der Waals surface area contributed by atoms with Crippen molar-refractivity contribution in [1.82, 2.24) is 15.2 Å². The summed E-state index contributed by atoms with van der Waals surface area (Å²) in [5, 5.41) is 5.63. The summed E-state index contributed by atoms with van der Waals surface area (Å²) in [6.45, 7) is 3.13. The molecule has 0 radical (unpaired) electrons. The van der Waals surface area contributed by atoms with Crippen molar-refractivity contribution in [3.63, 3.8) is 0 Å². The molecular weight excluding hydrogens is 256 g/mol. The molecule has 1 aromatic heterocycles. The first-order valence-corrected chi connectivity index (χ1v) is 6.92. The molecule has 1 spiro atoms. The lowest BCUT2D eigenvalue weighted by molar-refractivity contribution is -0.127. The fourth-order valence-electron chi connectivity index (χ4n) is 3.12. The summed E-state index contributed by atoms with van der Waals surface area (Å²) < 4.78 is 0. The summed E-state index contributed by atoms with van der Waals surface area (Å²) in [6.07, 6.45) is 2.30. The smallest absolute Gasteiger partial charge is 0.323 e. The van der Waals surface area contributed by atoms with Crippen molar-refractivity contribution in [3.8, 4) is 0 Å². The molecule has 3 heterocycles. The van der Waals surface area contributed by atoms with Crippen molar-refractivity contribution in [2.24, 2.45) is 0 Å². The van der Waals surface area contributed by atoms with Crippen LogP contribution < -0.4 is 10.6 Å². The number of anilines is 1. The van der Waals surface area contributed by atoms with E-state index in [1.807, 2.05) is 19.1 Å². The highest BCUT2D eigenvalue weighted by atomic mass is 16.2. The molecule has 6 nitrogen and oxygen atoms in total. The summed E-state index contributed by atoms with van der Waals surface area (Å²) in [5.74, 6) is 0.498. The molecular formula is C14H18N4O2. The molecule has 2 N–H and O–H groups in total. The van der Waals surface area contributed by atoms with Crippen molar-refractivity contribution in [3.05, 3.63) is 23.9 Å². The number of hydrogen-bond donors (Lipinski definition) is 2. The monoisotopic (exact) mass is 274 g/mol. The topological polar surface area (TPSA) is 74.3 Å². The highest BCUT2D eigenvalue weighted by Crippen LogP contribution is 2.35. The van der Waals surface area contributed by atoms with E-state index in [1.54, 1.807) is 11.0 Å². The fourth-order valence-corrected chi connectivity index (χ4v) is 3.12. The van der Waals surface area contributed by atoms with Gasteiger partial charge in [0.2, 0.25) is 5.91 Å². The lowest BCUT2D eigenvalue weighted by Gasteiger charge is -2.32. The van der Waals surface area contributed by atoms with Crippen LogP contribution in [0.5, 0.6) is 0 Å². The van der Waals surface area contributed by atoms with Gasteiger partial charge in [-0.1, -0.05) is 6.07 Å². The van der Waals surface area contributed by atoms with Crippen LogP contribution in [-0.2, 0) is 4.79 Å². The fraction of sp³-hybridized carbons (Fsp3) is 0.500. The van der Waals surface area contributed by atoms with Gasteiger partial charge >= 0.3 is 6.03 Å². The van der Waals surface area contributed by atoms with Crippen molar-refractivity contribution in [2.75, 3.05) is 18.4 Å². The first kappa shape index (κ1) is 12.9. The zero-order valence-corrected chi connectivity index (χ0v) is 11.5. The van der Waals surface area contributed by atoms with E-state index in [1.165, 1.54) is 0 Å². The van der Waals surface area contributed by atoms with Gasteiger partial charge in [-0.15, -0.1) is 0 Å². The minimum absolute atomic E-state index is 0.0256. The van der Waals surface area contributed by atoms with Crippen molar-refractivity contribution >= 4 is 17.8 Å². The molecule has 2 saturated heterocycles. The Kier molecular flexibility index (Phi) is 3.08. The number of carbonyl (C=O) groups is 2. The highest BCUT2D eigenvalue weighted by Gasteiger charge is 2.52. The minimum atomic E-state index is -0.645. The second kappa shape index (κ2) is 4.77. The number of amides is 3. The molecule has 0 aromatic carbocycles. The average molecular weight is 274 g/mol. The Labute approximate surface area is 117 Å². The SMILES string of the molecule is Cc1cccc(NC(=O)N2CCCC23CCNC3=O)n1. The van der Waals surface area contributed by atoms with Gasteiger partial charge in [0.05, 0.1) is 0 Å². The number of nitrogens with one attached hydrogen (secondary N) is 2. The number of aromatic nitrogens is 1. The number of carbonyl (C=O) groups excluding carboxylic acids is 2. The number of pyridine rings is 1. The average Bonchev–Trinajstić information content (AvgIpc) is 2.98. The Balaban J connectivity index is 1.78. The number of aryl methyl sites for hydroxylation is 1. The molecule has 1 atom stereocenters. The molecule has 3 amide bonds. The van der Waals surface area contributed by atoms with E-state index in [0.29, 0.717) is 25.3 Å². The summed E-state index contributed by atoms with van der Waals surface area (Å²) in [5.41, 5.74) is 0.200. The van der Waals surface area contributed by atoms with Gasteiger partial charge in [0.15, 0.2) is 0 Å². The molecule has 20 heavy (non-hydrogen) atoms. The quantitative estimate of drug-likeness (QED) is 0.810. The van der Waals surface area contributed by atoms with E-state index in [-0.39, 0.29) is 11.9 Å². The Bertz CT molecular complexity index is 556. The second-order valence-electron chi connectivity index (χ2n) is 5.39. The molecule has 2 fully saturated rings. The zero-order valence-electron chi connectivity index (χ0n) is 11.5. The molecule has 0 saturated carbocycles. The van der Waals surface area contributed by atoms with Crippen LogP contribution in [0.4, 0.5) is 10.6 Å². The Morgan fingerprint density at radius 2 is 2.30 bits per heavy atom. The number of urea groups is 1. The maximum absolute atomic E-state index is 12.4. The van der Waals surface area contributed by atoms with Crippen LogP contribution in [0, 0.1) is 6.92 Å². The van der Waals surface area contributed by atoms with Gasteiger partial charge < -0.3 is 10.2 Å². The summed E-state index contributed by atoms with van der Waals surface area (Å²) in [6, 6.07) is 5.23. The van der Waals surface area contributed by atoms with Crippen LogP contribution in [0.3, 0.4) is 0 Å². The van der Waals surface area contributed by atoms with E-state index in [4.69, 9.17) is 0 Å². The number of likely N-dealkylation sites (tertiary alicyclic amines) is 1. The van der Waals surface area contributed by atoms with Gasteiger partial charge in [-0.3, -0.25) is 10.1 Å². The van der Waals surface area contributed by atoms with Gasteiger partial charge in [-0.25, -0.2) is 9.78 Å². The van der Waals surface area contributed by atoms with Crippen LogP contribution in [0.15, 0.2) is 18.2 Å². The van der Waals surface area contributed by atoms with Crippen molar-refractivity contribution in [1.29, 1.82) is 0 Å². The third-order valence-electron chi connectivity index (χ3n) is 4.10. The van der Waals surface area contributed by atoms with Gasteiger partial charge in [0.1, 0.15) is 11.4 Å². The molecule has 3 rings (SSSR count). The summed E-state index contributed by atoms with van der Waals surface area (Å²) in [4.78, 5) is 30.4. The first-order chi connectivity index (χ1) is 9.62. The molecule has 0 aliphatic carbocycles.